The molecule has 1 amide bonds. The Morgan fingerprint density at radius 3 is 2.44 bits per heavy atom. The third-order valence-corrected chi connectivity index (χ3v) is 4.27. The Hall–Kier alpha value is -0.440. The van der Waals surface area contributed by atoms with E-state index in [4.69, 9.17) is 34.8 Å². The van der Waals surface area contributed by atoms with Crippen LogP contribution in [0.2, 0.25) is 10.0 Å². The highest BCUT2D eigenvalue weighted by molar-refractivity contribution is 6.35. The molecule has 2 rings (SSSR count). The normalized spacial score (nSPS) is 24.1. The number of rotatable bonds is 1. The van der Waals surface area contributed by atoms with E-state index < -0.39 is 0 Å². The number of amides is 1. The van der Waals surface area contributed by atoms with Gasteiger partial charge in [-0.1, -0.05) is 30.1 Å². The standard InChI is InChI=1S/C13H14Cl3NO/c1-8-2-3-17(7-12(8)16)13(18)9-4-10(14)6-11(15)5-9/h4-6,8,12H,2-3,7H2,1H3. The van der Waals surface area contributed by atoms with Crippen LogP contribution in [0.4, 0.5) is 0 Å². The van der Waals surface area contributed by atoms with Crippen molar-refractivity contribution in [1.29, 1.82) is 0 Å². The van der Waals surface area contributed by atoms with Gasteiger partial charge in [0.1, 0.15) is 0 Å². The Balaban J connectivity index is 2.16. The summed E-state index contributed by atoms with van der Waals surface area (Å²) >= 11 is 18.0. The van der Waals surface area contributed by atoms with Gasteiger partial charge in [0.25, 0.3) is 5.91 Å². The van der Waals surface area contributed by atoms with Gasteiger partial charge in [-0.25, -0.2) is 0 Å². The van der Waals surface area contributed by atoms with Gasteiger partial charge in [-0.05, 0) is 30.5 Å². The fourth-order valence-corrected chi connectivity index (χ4v) is 2.89. The monoisotopic (exact) mass is 305 g/mol. The molecule has 0 N–H and O–H groups in total. The Labute approximate surface area is 122 Å². The molecule has 2 nitrogen and oxygen atoms in total. The molecule has 1 saturated heterocycles. The molecule has 5 heteroatoms. The summed E-state index contributed by atoms with van der Waals surface area (Å²) in [6.45, 7) is 3.41. The zero-order valence-electron chi connectivity index (χ0n) is 10.00. The van der Waals surface area contributed by atoms with E-state index in [1.54, 1.807) is 23.1 Å². The molecule has 0 spiro atoms. The van der Waals surface area contributed by atoms with Gasteiger partial charge in [0, 0.05) is 28.7 Å². The van der Waals surface area contributed by atoms with Crippen molar-refractivity contribution in [3.8, 4) is 0 Å². The summed E-state index contributed by atoms with van der Waals surface area (Å²) in [7, 11) is 0. The highest BCUT2D eigenvalue weighted by Gasteiger charge is 2.28. The predicted molar refractivity (Wildman–Crippen MR) is 75.8 cm³/mol. The second-order valence-corrected chi connectivity index (χ2v) is 6.12. The first-order valence-electron chi connectivity index (χ1n) is 5.87. The molecule has 0 radical (unpaired) electrons. The van der Waals surface area contributed by atoms with Crippen molar-refractivity contribution in [2.75, 3.05) is 13.1 Å². The molecule has 1 aromatic carbocycles. The maximum Gasteiger partial charge on any atom is 0.254 e. The molecule has 98 valence electrons. The lowest BCUT2D eigenvalue weighted by molar-refractivity contribution is 0.0701. The Bertz CT molecular complexity index is 443. The SMILES string of the molecule is CC1CCN(C(=O)c2cc(Cl)cc(Cl)c2)CC1Cl. The summed E-state index contributed by atoms with van der Waals surface area (Å²) < 4.78 is 0. The van der Waals surface area contributed by atoms with Crippen LogP contribution >= 0.6 is 34.8 Å². The topological polar surface area (TPSA) is 20.3 Å². The number of hydrogen-bond acceptors (Lipinski definition) is 1. The average Bonchev–Trinajstić information content (AvgIpc) is 2.30. The lowest BCUT2D eigenvalue weighted by Crippen LogP contribution is -2.43. The second-order valence-electron chi connectivity index (χ2n) is 4.69. The van der Waals surface area contributed by atoms with Crippen molar-refractivity contribution >= 4 is 40.7 Å². The van der Waals surface area contributed by atoms with Crippen LogP contribution in [0.5, 0.6) is 0 Å². The fraction of sp³-hybridized carbons (Fsp3) is 0.462. The van der Waals surface area contributed by atoms with Crippen LogP contribution in [-0.4, -0.2) is 29.3 Å². The van der Waals surface area contributed by atoms with Crippen molar-refractivity contribution in [2.45, 2.75) is 18.7 Å². The van der Waals surface area contributed by atoms with E-state index in [2.05, 4.69) is 6.92 Å². The third-order valence-electron chi connectivity index (χ3n) is 3.26. The van der Waals surface area contributed by atoms with E-state index in [-0.39, 0.29) is 11.3 Å². The minimum Gasteiger partial charge on any atom is -0.337 e. The van der Waals surface area contributed by atoms with E-state index >= 15 is 0 Å². The van der Waals surface area contributed by atoms with Gasteiger partial charge in [0.05, 0.1) is 5.38 Å². The minimum absolute atomic E-state index is 0.0114. The third kappa shape index (κ3) is 3.11. The molecule has 1 fully saturated rings. The highest BCUT2D eigenvalue weighted by Crippen LogP contribution is 2.25. The molecular formula is C13H14Cl3NO. The van der Waals surface area contributed by atoms with Gasteiger partial charge in [-0.15, -0.1) is 11.6 Å². The van der Waals surface area contributed by atoms with Crippen LogP contribution in [-0.2, 0) is 0 Å². The van der Waals surface area contributed by atoms with E-state index in [0.29, 0.717) is 28.1 Å². The Morgan fingerprint density at radius 2 is 1.89 bits per heavy atom. The summed E-state index contributed by atoms with van der Waals surface area (Å²) in [5.74, 6) is 0.385. The number of carbonyl (C=O) groups excluding carboxylic acids is 1. The van der Waals surface area contributed by atoms with E-state index in [0.717, 1.165) is 13.0 Å². The molecule has 0 bridgehead atoms. The van der Waals surface area contributed by atoms with Crippen LogP contribution < -0.4 is 0 Å². The average molecular weight is 307 g/mol. The van der Waals surface area contributed by atoms with E-state index in [1.807, 2.05) is 0 Å². The first-order valence-corrected chi connectivity index (χ1v) is 7.06. The molecule has 1 aliphatic rings. The number of hydrogen-bond donors (Lipinski definition) is 0. The van der Waals surface area contributed by atoms with Crippen molar-refractivity contribution < 1.29 is 4.79 Å². The summed E-state index contributed by atoms with van der Waals surface area (Å²) in [4.78, 5) is 14.1. The van der Waals surface area contributed by atoms with Crippen LogP contribution in [0.3, 0.4) is 0 Å². The summed E-state index contributed by atoms with van der Waals surface area (Å²) in [5, 5.41) is 0.953. The van der Waals surface area contributed by atoms with Gasteiger partial charge in [0.15, 0.2) is 0 Å². The Kier molecular flexibility index (Phi) is 4.41. The molecular weight excluding hydrogens is 293 g/mol. The van der Waals surface area contributed by atoms with Gasteiger partial charge in [-0.3, -0.25) is 4.79 Å². The number of nitrogens with zero attached hydrogens (tertiary/aromatic N) is 1. The fourth-order valence-electron chi connectivity index (χ4n) is 2.07. The number of halogens is 3. The minimum atomic E-state index is -0.0584. The van der Waals surface area contributed by atoms with Gasteiger partial charge in [0.2, 0.25) is 0 Å². The molecule has 2 unspecified atom stereocenters. The zero-order chi connectivity index (χ0) is 13.3. The molecule has 1 heterocycles. The lowest BCUT2D eigenvalue weighted by Gasteiger charge is -2.34. The van der Waals surface area contributed by atoms with Crippen molar-refractivity contribution in [2.24, 2.45) is 5.92 Å². The Morgan fingerprint density at radius 1 is 1.28 bits per heavy atom. The molecule has 2 atom stereocenters. The van der Waals surface area contributed by atoms with Crippen LogP contribution in [0.25, 0.3) is 0 Å². The number of piperidine rings is 1. The quantitative estimate of drug-likeness (QED) is 0.716. The van der Waals surface area contributed by atoms with Gasteiger partial charge < -0.3 is 4.90 Å². The summed E-state index contributed by atoms with van der Waals surface area (Å²) in [6.07, 6.45) is 0.925. The van der Waals surface area contributed by atoms with E-state index in [9.17, 15) is 4.79 Å². The smallest absolute Gasteiger partial charge is 0.254 e. The molecule has 18 heavy (non-hydrogen) atoms. The van der Waals surface area contributed by atoms with Crippen LogP contribution in [0.15, 0.2) is 18.2 Å². The van der Waals surface area contributed by atoms with E-state index in [1.165, 1.54) is 0 Å². The summed E-state index contributed by atoms with van der Waals surface area (Å²) in [6, 6.07) is 4.89. The molecule has 1 aliphatic heterocycles. The molecule has 0 aromatic heterocycles. The predicted octanol–water partition coefficient (Wildman–Crippen LogP) is 4.08. The van der Waals surface area contributed by atoms with Gasteiger partial charge in [-0.2, -0.15) is 0 Å². The van der Waals surface area contributed by atoms with Crippen molar-refractivity contribution in [3.63, 3.8) is 0 Å². The number of alkyl halides is 1. The van der Waals surface area contributed by atoms with Crippen molar-refractivity contribution in [1.82, 2.24) is 4.90 Å². The van der Waals surface area contributed by atoms with Crippen LogP contribution in [0.1, 0.15) is 23.7 Å². The first-order chi connectivity index (χ1) is 8.47. The molecule has 0 saturated carbocycles. The largest absolute Gasteiger partial charge is 0.337 e. The first kappa shape index (κ1) is 14.0. The summed E-state index contributed by atoms with van der Waals surface area (Å²) in [5.41, 5.74) is 0.519. The zero-order valence-corrected chi connectivity index (χ0v) is 12.3. The number of benzene rings is 1. The van der Waals surface area contributed by atoms with Gasteiger partial charge >= 0.3 is 0 Å². The highest BCUT2D eigenvalue weighted by atomic mass is 35.5. The number of likely N-dealkylation sites (tertiary alicyclic amines) is 1. The number of carbonyl (C=O) groups is 1. The molecule has 1 aromatic rings. The lowest BCUT2D eigenvalue weighted by atomic mass is 9.98. The maximum atomic E-state index is 12.3. The molecule has 0 aliphatic carbocycles. The van der Waals surface area contributed by atoms with Crippen LogP contribution in [0, 0.1) is 5.92 Å². The maximum absolute atomic E-state index is 12.3. The van der Waals surface area contributed by atoms with Crippen molar-refractivity contribution in [3.05, 3.63) is 33.8 Å². The second kappa shape index (κ2) is 5.68.